The quantitative estimate of drug-likeness (QED) is 0.777. The third-order valence-corrected chi connectivity index (χ3v) is 4.05. The Hall–Kier alpha value is -0.870. The summed E-state index contributed by atoms with van der Waals surface area (Å²) in [4.78, 5) is 13.7. The maximum atomic E-state index is 6.07. The van der Waals surface area contributed by atoms with Gasteiger partial charge in [0.1, 0.15) is 16.8 Å². The largest absolute Gasteiger partial charge is 0.355 e. The van der Waals surface area contributed by atoms with Gasteiger partial charge in [-0.05, 0) is 19.5 Å². The molecule has 1 aliphatic rings. The maximum absolute atomic E-state index is 6.07. The summed E-state index contributed by atoms with van der Waals surface area (Å²) < 4.78 is 0. The topological polar surface area (TPSA) is 32.3 Å². The van der Waals surface area contributed by atoms with E-state index in [2.05, 4.69) is 40.5 Å². The van der Waals surface area contributed by atoms with E-state index in [9.17, 15) is 0 Å². The molecule has 0 spiro atoms. The average molecular weight is 283 g/mol. The van der Waals surface area contributed by atoms with E-state index >= 15 is 0 Å². The second-order valence-electron chi connectivity index (χ2n) is 4.93. The van der Waals surface area contributed by atoms with Gasteiger partial charge in [0.15, 0.2) is 0 Å². The van der Waals surface area contributed by atoms with Crippen molar-refractivity contribution in [2.75, 3.05) is 31.1 Å². The van der Waals surface area contributed by atoms with E-state index in [1.807, 2.05) is 6.07 Å². The summed E-state index contributed by atoms with van der Waals surface area (Å²) >= 11 is 6.07. The number of hydrogen-bond donors (Lipinski definition) is 0. The second-order valence-corrected chi connectivity index (χ2v) is 5.32. The first-order valence-electron chi connectivity index (χ1n) is 7.20. The summed E-state index contributed by atoms with van der Waals surface area (Å²) in [5.41, 5.74) is 0. The van der Waals surface area contributed by atoms with Gasteiger partial charge in [-0.3, -0.25) is 4.90 Å². The summed E-state index contributed by atoms with van der Waals surface area (Å²) in [5, 5.41) is 0.549. The fraction of sp³-hybridized carbons (Fsp3) is 0.714. The molecule has 1 aromatic rings. The van der Waals surface area contributed by atoms with Crippen LogP contribution >= 0.6 is 11.6 Å². The number of anilines is 1. The molecule has 1 aliphatic heterocycles. The van der Waals surface area contributed by atoms with Crippen molar-refractivity contribution in [2.24, 2.45) is 0 Å². The lowest BCUT2D eigenvalue weighted by Gasteiger charge is -2.26. The summed E-state index contributed by atoms with van der Waals surface area (Å²) in [6.07, 6.45) is 2.02. The van der Waals surface area contributed by atoms with Crippen LogP contribution in [0.4, 0.5) is 5.82 Å². The molecule has 0 radical (unpaired) electrons. The van der Waals surface area contributed by atoms with Gasteiger partial charge in [-0.25, -0.2) is 9.97 Å². The van der Waals surface area contributed by atoms with Crippen molar-refractivity contribution in [2.45, 2.75) is 39.7 Å². The third-order valence-electron chi connectivity index (χ3n) is 3.86. The van der Waals surface area contributed by atoms with E-state index in [1.54, 1.807) is 0 Å². The van der Waals surface area contributed by atoms with Gasteiger partial charge in [-0.2, -0.15) is 0 Å². The lowest BCUT2D eigenvalue weighted by molar-refractivity contribution is 0.232. The number of likely N-dealkylation sites (N-methyl/N-ethyl adjacent to an activating group) is 1. The molecule has 0 N–H and O–H groups in total. The van der Waals surface area contributed by atoms with Crippen LogP contribution < -0.4 is 4.90 Å². The molecule has 0 aliphatic carbocycles. The van der Waals surface area contributed by atoms with E-state index in [0.29, 0.717) is 11.2 Å². The zero-order valence-corrected chi connectivity index (χ0v) is 12.8. The molecule has 2 rings (SSSR count). The van der Waals surface area contributed by atoms with E-state index in [0.717, 1.165) is 44.2 Å². The van der Waals surface area contributed by atoms with Crippen LogP contribution in [0.15, 0.2) is 6.07 Å². The summed E-state index contributed by atoms with van der Waals surface area (Å²) in [6, 6.07) is 2.51. The number of aryl methyl sites for hydroxylation is 1. The minimum atomic E-state index is 0.549. The molecule has 0 aromatic carbocycles. The Morgan fingerprint density at radius 3 is 2.68 bits per heavy atom. The number of rotatable bonds is 5. The zero-order valence-electron chi connectivity index (χ0n) is 12.1. The molecular formula is C14H23ClN4. The lowest BCUT2D eigenvalue weighted by Crippen LogP contribution is -2.37. The van der Waals surface area contributed by atoms with Gasteiger partial charge in [-0.1, -0.05) is 32.4 Å². The molecule has 1 fully saturated rings. The Labute approximate surface area is 120 Å². The minimum Gasteiger partial charge on any atom is -0.355 e. The minimum absolute atomic E-state index is 0.549. The van der Waals surface area contributed by atoms with Crippen molar-refractivity contribution >= 4 is 17.4 Å². The van der Waals surface area contributed by atoms with Gasteiger partial charge in [0.2, 0.25) is 0 Å². The van der Waals surface area contributed by atoms with Crippen LogP contribution in [0.2, 0.25) is 5.15 Å². The molecule has 106 valence electrons. The Kier molecular flexibility index (Phi) is 4.99. The molecule has 5 heteroatoms. The molecular weight excluding hydrogens is 260 g/mol. The van der Waals surface area contributed by atoms with Crippen LogP contribution in [0.3, 0.4) is 0 Å². The zero-order chi connectivity index (χ0) is 13.8. The van der Waals surface area contributed by atoms with Crippen molar-refractivity contribution in [1.29, 1.82) is 0 Å². The first-order valence-corrected chi connectivity index (χ1v) is 7.58. The van der Waals surface area contributed by atoms with Crippen LogP contribution in [0.25, 0.3) is 0 Å². The van der Waals surface area contributed by atoms with Gasteiger partial charge in [-0.15, -0.1) is 0 Å². The highest BCUT2D eigenvalue weighted by Crippen LogP contribution is 2.23. The fourth-order valence-corrected chi connectivity index (χ4v) is 2.95. The van der Waals surface area contributed by atoms with E-state index in [4.69, 9.17) is 11.6 Å². The predicted molar refractivity (Wildman–Crippen MR) is 80.0 cm³/mol. The fourth-order valence-electron chi connectivity index (χ4n) is 2.76. The Balaban J connectivity index is 2.10. The van der Waals surface area contributed by atoms with E-state index in [1.165, 1.54) is 6.42 Å². The Bertz CT molecular complexity index is 420. The standard InChI is InChI=1S/C14H23ClN4/c1-4-13-16-12(15)9-14(17-13)19-8-7-11(10-19)18(5-2)6-3/h9,11H,4-8,10H2,1-3H3. The van der Waals surface area contributed by atoms with Crippen molar-refractivity contribution < 1.29 is 0 Å². The van der Waals surface area contributed by atoms with Gasteiger partial charge >= 0.3 is 0 Å². The normalized spacial score (nSPS) is 19.4. The number of hydrogen-bond acceptors (Lipinski definition) is 4. The molecule has 0 saturated carbocycles. The van der Waals surface area contributed by atoms with Crippen molar-refractivity contribution in [1.82, 2.24) is 14.9 Å². The van der Waals surface area contributed by atoms with Gasteiger partial charge in [0.05, 0.1) is 0 Å². The molecule has 0 bridgehead atoms. The van der Waals surface area contributed by atoms with Crippen LogP contribution in [0.5, 0.6) is 0 Å². The molecule has 1 atom stereocenters. The van der Waals surface area contributed by atoms with Gasteiger partial charge in [0.25, 0.3) is 0 Å². The highest BCUT2D eigenvalue weighted by molar-refractivity contribution is 6.29. The molecule has 4 nitrogen and oxygen atoms in total. The van der Waals surface area contributed by atoms with E-state index in [-0.39, 0.29) is 0 Å². The number of halogens is 1. The van der Waals surface area contributed by atoms with Crippen LogP contribution in [0.1, 0.15) is 33.0 Å². The van der Waals surface area contributed by atoms with Crippen LogP contribution in [-0.2, 0) is 6.42 Å². The first-order chi connectivity index (χ1) is 9.17. The van der Waals surface area contributed by atoms with Gasteiger partial charge < -0.3 is 4.90 Å². The summed E-state index contributed by atoms with van der Waals surface area (Å²) in [7, 11) is 0. The van der Waals surface area contributed by atoms with Crippen molar-refractivity contribution in [3.05, 3.63) is 17.0 Å². The summed E-state index contributed by atoms with van der Waals surface area (Å²) in [6.45, 7) is 10.8. The molecule has 1 unspecified atom stereocenters. The van der Waals surface area contributed by atoms with Gasteiger partial charge in [0, 0.05) is 31.6 Å². The molecule has 2 heterocycles. The highest BCUT2D eigenvalue weighted by Gasteiger charge is 2.27. The third kappa shape index (κ3) is 3.37. The Morgan fingerprint density at radius 1 is 1.32 bits per heavy atom. The second kappa shape index (κ2) is 6.53. The number of aromatic nitrogens is 2. The monoisotopic (exact) mass is 282 g/mol. The first kappa shape index (κ1) is 14.5. The summed E-state index contributed by atoms with van der Waals surface area (Å²) in [5.74, 6) is 1.81. The predicted octanol–water partition coefficient (Wildman–Crippen LogP) is 2.61. The average Bonchev–Trinajstić information content (AvgIpc) is 2.89. The Morgan fingerprint density at radius 2 is 2.05 bits per heavy atom. The van der Waals surface area contributed by atoms with Crippen molar-refractivity contribution in [3.63, 3.8) is 0 Å². The highest BCUT2D eigenvalue weighted by atomic mass is 35.5. The SMILES string of the molecule is CCc1nc(Cl)cc(N2CCC(N(CC)CC)C2)n1. The van der Waals surface area contributed by atoms with Crippen LogP contribution in [-0.4, -0.2) is 47.1 Å². The molecule has 1 saturated heterocycles. The molecule has 0 amide bonds. The lowest BCUT2D eigenvalue weighted by atomic mass is 10.2. The van der Waals surface area contributed by atoms with Crippen molar-refractivity contribution in [3.8, 4) is 0 Å². The molecule has 1 aromatic heterocycles. The smallest absolute Gasteiger partial charge is 0.134 e. The number of nitrogens with zero attached hydrogens (tertiary/aromatic N) is 4. The molecule has 19 heavy (non-hydrogen) atoms. The van der Waals surface area contributed by atoms with E-state index < -0.39 is 0 Å². The maximum Gasteiger partial charge on any atom is 0.134 e. The van der Waals surface area contributed by atoms with Crippen LogP contribution in [0, 0.1) is 0 Å².